The van der Waals surface area contributed by atoms with E-state index in [0.717, 1.165) is 5.56 Å². The van der Waals surface area contributed by atoms with Gasteiger partial charge in [0, 0.05) is 5.56 Å². The highest BCUT2D eigenvalue weighted by Gasteiger charge is 2.18. The molecule has 0 amide bonds. The van der Waals surface area contributed by atoms with Gasteiger partial charge in [-0.15, -0.1) is 0 Å². The number of rotatable bonds is 0. The van der Waals surface area contributed by atoms with Crippen LogP contribution in [0.5, 0.6) is 5.75 Å². The van der Waals surface area contributed by atoms with Crippen molar-refractivity contribution in [2.75, 3.05) is 0 Å². The largest absolute Gasteiger partial charge is 0.506 e. The summed E-state index contributed by atoms with van der Waals surface area (Å²) in [6, 6.07) is 5.43. The van der Waals surface area contributed by atoms with Crippen molar-refractivity contribution in [3.63, 3.8) is 0 Å². The van der Waals surface area contributed by atoms with E-state index in [1.54, 1.807) is 6.07 Å². The molecule has 1 nitrogen and oxygen atoms in total. The molecule has 0 fully saturated rings. The third-order valence-corrected chi connectivity index (χ3v) is 2.10. The average molecular weight is 185 g/mol. The van der Waals surface area contributed by atoms with Gasteiger partial charge in [0.1, 0.15) is 5.75 Å². The summed E-state index contributed by atoms with van der Waals surface area (Å²) in [6.45, 7) is 6.12. The molecule has 0 aliphatic heterocycles. The first kappa shape index (κ1) is 9.40. The normalized spacial score (nSPS) is 11.7. The minimum atomic E-state index is -0.0605. The van der Waals surface area contributed by atoms with Crippen LogP contribution in [0.2, 0.25) is 5.02 Å². The van der Waals surface area contributed by atoms with Gasteiger partial charge in [-0.1, -0.05) is 44.5 Å². The Kier molecular flexibility index (Phi) is 2.34. The number of phenols is 1. The van der Waals surface area contributed by atoms with Gasteiger partial charge in [0.15, 0.2) is 0 Å². The topological polar surface area (TPSA) is 20.2 Å². The first-order valence-electron chi connectivity index (χ1n) is 3.91. The smallest absolute Gasteiger partial charge is 0.137 e. The lowest BCUT2D eigenvalue weighted by Crippen LogP contribution is -2.11. The predicted molar refractivity (Wildman–Crippen MR) is 51.8 cm³/mol. The van der Waals surface area contributed by atoms with Crippen LogP contribution in [0.15, 0.2) is 18.2 Å². The van der Waals surface area contributed by atoms with E-state index < -0.39 is 0 Å². The highest BCUT2D eigenvalue weighted by Crippen LogP contribution is 2.35. The van der Waals surface area contributed by atoms with E-state index in [1.165, 1.54) is 0 Å². The zero-order valence-electron chi connectivity index (χ0n) is 7.56. The summed E-state index contributed by atoms with van der Waals surface area (Å²) in [5, 5.41) is 10.0. The molecule has 0 bridgehead atoms. The number of hydrogen-bond acceptors (Lipinski definition) is 1. The summed E-state index contributed by atoms with van der Waals surface area (Å²) < 4.78 is 0. The minimum Gasteiger partial charge on any atom is -0.506 e. The molecular weight excluding hydrogens is 172 g/mol. The maximum atomic E-state index is 9.60. The molecule has 0 atom stereocenters. The van der Waals surface area contributed by atoms with E-state index in [1.807, 2.05) is 32.9 Å². The summed E-state index contributed by atoms with van der Waals surface area (Å²) in [7, 11) is 0. The molecule has 0 unspecified atom stereocenters. The van der Waals surface area contributed by atoms with E-state index in [0.29, 0.717) is 5.02 Å². The van der Waals surface area contributed by atoms with Gasteiger partial charge in [-0.05, 0) is 11.5 Å². The van der Waals surface area contributed by atoms with Gasteiger partial charge in [-0.3, -0.25) is 0 Å². The van der Waals surface area contributed by atoms with Crippen molar-refractivity contribution in [1.82, 2.24) is 0 Å². The Balaban J connectivity index is 3.26. The molecular formula is C10H13ClO. The monoisotopic (exact) mass is 184 g/mol. The molecule has 0 saturated heterocycles. The van der Waals surface area contributed by atoms with Gasteiger partial charge in [0.25, 0.3) is 0 Å². The minimum absolute atomic E-state index is 0.0605. The van der Waals surface area contributed by atoms with E-state index in [4.69, 9.17) is 11.6 Å². The summed E-state index contributed by atoms with van der Waals surface area (Å²) in [4.78, 5) is 0. The fourth-order valence-corrected chi connectivity index (χ4v) is 1.30. The summed E-state index contributed by atoms with van der Waals surface area (Å²) in [5.41, 5.74) is 0.824. The van der Waals surface area contributed by atoms with Crippen LogP contribution in [-0.4, -0.2) is 5.11 Å². The Hall–Kier alpha value is -0.690. The van der Waals surface area contributed by atoms with Crippen LogP contribution < -0.4 is 0 Å². The fraction of sp³-hybridized carbons (Fsp3) is 0.400. The molecule has 1 aromatic carbocycles. The van der Waals surface area contributed by atoms with Crippen molar-refractivity contribution in [2.24, 2.45) is 0 Å². The second-order valence-corrected chi connectivity index (χ2v) is 4.29. The van der Waals surface area contributed by atoms with Crippen molar-refractivity contribution in [1.29, 1.82) is 0 Å². The van der Waals surface area contributed by atoms with Crippen LogP contribution >= 0.6 is 11.6 Å². The third-order valence-electron chi connectivity index (χ3n) is 1.79. The Labute approximate surface area is 78.0 Å². The second-order valence-electron chi connectivity index (χ2n) is 3.89. The summed E-state index contributed by atoms with van der Waals surface area (Å²) >= 11 is 5.77. The highest BCUT2D eigenvalue weighted by atomic mass is 35.5. The number of hydrogen-bond donors (Lipinski definition) is 1. The third kappa shape index (κ3) is 1.72. The molecule has 0 spiro atoms. The molecule has 0 heterocycles. The molecule has 0 aliphatic rings. The SMILES string of the molecule is CC(C)(C)c1cccc(Cl)c1O. The average Bonchev–Trinajstić information content (AvgIpc) is 1.92. The zero-order chi connectivity index (χ0) is 9.35. The molecule has 1 aromatic rings. The quantitative estimate of drug-likeness (QED) is 0.656. The number of benzene rings is 1. The lowest BCUT2D eigenvalue weighted by atomic mass is 9.86. The molecule has 1 rings (SSSR count). The summed E-state index contributed by atoms with van der Waals surface area (Å²) in [5.74, 6) is 0.201. The first-order valence-corrected chi connectivity index (χ1v) is 4.28. The fourth-order valence-electron chi connectivity index (χ4n) is 1.12. The molecule has 66 valence electrons. The van der Waals surface area contributed by atoms with Crippen molar-refractivity contribution in [2.45, 2.75) is 26.2 Å². The van der Waals surface area contributed by atoms with Crippen LogP contribution in [0, 0.1) is 0 Å². The Morgan fingerprint density at radius 1 is 1.25 bits per heavy atom. The maximum absolute atomic E-state index is 9.60. The standard InChI is InChI=1S/C10H13ClO/c1-10(2,3)7-5-4-6-8(11)9(7)12/h4-6,12H,1-3H3. The molecule has 0 aliphatic carbocycles. The number of aromatic hydroxyl groups is 1. The zero-order valence-corrected chi connectivity index (χ0v) is 8.31. The molecule has 12 heavy (non-hydrogen) atoms. The van der Waals surface area contributed by atoms with Crippen LogP contribution in [0.4, 0.5) is 0 Å². The van der Waals surface area contributed by atoms with Gasteiger partial charge >= 0.3 is 0 Å². The lowest BCUT2D eigenvalue weighted by molar-refractivity contribution is 0.447. The van der Waals surface area contributed by atoms with Crippen molar-refractivity contribution in [3.8, 4) is 5.75 Å². The summed E-state index contributed by atoms with van der Waals surface area (Å²) in [6.07, 6.45) is 0. The molecule has 0 radical (unpaired) electrons. The van der Waals surface area contributed by atoms with Gasteiger partial charge < -0.3 is 5.11 Å². The maximum Gasteiger partial charge on any atom is 0.137 e. The van der Waals surface area contributed by atoms with E-state index in [9.17, 15) is 5.11 Å². The number of para-hydroxylation sites is 1. The van der Waals surface area contributed by atoms with Crippen molar-refractivity contribution >= 4 is 11.6 Å². The van der Waals surface area contributed by atoms with Gasteiger partial charge in [-0.25, -0.2) is 0 Å². The van der Waals surface area contributed by atoms with Crippen molar-refractivity contribution in [3.05, 3.63) is 28.8 Å². The van der Waals surface area contributed by atoms with Gasteiger partial charge in [-0.2, -0.15) is 0 Å². The van der Waals surface area contributed by atoms with E-state index in [2.05, 4.69) is 0 Å². The van der Waals surface area contributed by atoms with Crippen molar-refractivity contribution < 1.29 is 5.11 Å². The Morgan fingerprint density at radius 3 is 2.25 bits per heavy atom. The van der Waals surface area contributed by atoms with E-state index >= 15 is 0 Å². The molecule has 1 N–H and O–H groups in total. The van der Waals surface area contributed by atoms with Crippen LogP contribution in [-0.2, 0) is 5.41 Å². The highest BCUT2D eigenvalue weighted by molar-refractivity contribution is 6.32. The molecule has 0 aromatic heterocycles. The molecule has 0 saturated carbocycles. The number of phenolic OH excluding ortho intramolecular Hbond substituents is 1. The number of halogens is 1. The second kappa shape index (κ2) is 2.98. The Morgan fingerprint density at radius 2 is 1.83 bits per heavy atom. The lowest BCUT2D eigenvalue weighted by Gasteiger charge is -2.20. The molecule has 2 heteroatoms. The van der Waals surface area contributed by atoms with E-state index in [-0.39, 0.29) is 11.2 Å². The van der Waals surface area contributed by atoms with Gasteiger partial charge in [0.2, 0.25) is 0 Å². The Bertz CT molecular complexity index is 286. The first-order chi connectivity index (χ1) is 5.43. The van der Waals surface area contributed by atoms with Crippen LogP contribution in [0.25, 0.3) is 0 Å². The predicted octanol–water partition coefficient (Wildman–Crippen LogP) is 3.34. The van der Waals surface area contributed by atoms with Gasteiger partial charge in [0.05, 0.1) is 5.02 Å². The van der Waals surface area contributed by atoms with Crippen LogP contribution in [0.1, 0.15) is 26.3 Å². The van der Waals surface area contributed by atoms with Crippen LogP contribution in [0.3, 0.4) is 0 Å².